The average Bonchev–Trinajstić information content (AvgIpc) is 2.55. The van der Waals surface area contributed by atoms with E-state index >= 15 is 0 Å². The number of hydrogen-bond acceptors (Lipinski definition) is 3. The van der Waals surface area contributed by atoms with Crippen LogP contribution in [0.5, 0.6) is 0 Å². The van der Waals surface area contributed by atoms with Gasteiger partial charge in [-0.2, -0.15) is 0 Å². The van der Waals surface area contributed by atoms with Crippen molar-refractivity contribution in [3.63, 3.8) is 0 Å². The number of anilines is 1. The van der Waals surface area contributed by atoms with Crippen LogP contribution >= 0.6 is 11.6 Å². The van der Waals surface area contributed by atoms with Gasteiger partial charge in [-0.25, -0.2) is 4.79 Å². The van der Waals surface area contributed by atoms with Crippen molar-refractivity contribution in [1.82, 2.24) is 0 Å². The van der Waals surface area contributed by atoms with Gasteiger partial charge in [0.2, 0.25) is 0 Å². The van der Waals surface area contributed by atoms with E-state index in [0.717, 1.165) is 39.2 Å². The third-order valence-electron chi connectivity index (χ3n) is 4.04. The quantitative estimate of drug-likeness (QED) is 0.691. The molecule has 118 valence electrons. The zero-order chi connectivity index (χ0) is 16.4. The van der Waals surface area contributed by atoms with E-state index in [1.54, 1.807) is 6.07 Å². The summed E-state index contributed by atoms with van der Waals surface area (Å²) in [6.07, 6.45) is 0.907. The molecule has 1 heterocycles. The fraction of sp³-hybridized carbons (Fsp3) is 0.211. The summed E-state index contributed by atoms with van der Waals surface area (Å²) in [4.78, 5) is 11.8. The molecule has 0 spiro atoms. The predicted molar refractivity (Wildman–Crippen MR) is 95.4 cm³/mol. The molecule has 0 aliphatic rings. The summed E-state index contributed by atoms with van der Waals surface area (Å²) in [6, 6.07) is 13.3. The number of hydrogen-bond donors (Lipinski definition) is 1. The van der Waals surface area contributed by atoms with Crippen molar-refractivity contribution in [3.8, 4) is 0 Å². The van der Waals surface area contributed by atoms with Crippen molar-refractivity contribution in [1.29, 1.82) is 0 Å². The zero-order valence-corrected chi connectivity index (χ0v) is 13.9. The molecule has 0 bridgehead atoms. The van der Waals surface area contributed by atoms with E-state index < -0.39 is 0 Å². The average molecular weight is 328 g/mol. The lowest BCUT2D eigenvalue weighted by molar-refractivity contribution is 0.559. The second kappa shape index (κ2) is 6.47. The van der Waals surface area contributed by atoms with Crippen molar-refractivity contribution in [2.24, 2.45) is 0 Å². The van der Waals surface area contributed by atoms with E-state index in [4.69, 9.17) is 16.0 Å². The number of fused-ring (bicyclic) bond motifs is 1. The maximum Gasteiger partial charge on any atom is 0.336 e. The Balaban J connectivity index is 1.96. The number of nitrogens with one attached hydrogen (secondary N) is 1. The van der Waals surface area contributed by atoms with Gasteiger partial charge in [0.15, 0.2) is 0 Å². The molecule has 0 amide bonds. The van der Waals surface area contributed by atoms with E-state index in [1.807, 2.05) is 37.3 Å². The van der Waals surface area contributed by atoms with Gasteiger partial charge in [0.1, 0.15) is 5.58 Å². The van der Waals surface area contributed by atoms with Gasteiger partial charge in [-0.05, 0) is 48.2 Å². The molecule has 3 nitrogen and oxygen atoms in total. The molecular weight excluding hydrogens is 310 g/mol. The van der Waals surface area contributed by atoms with Crippen molar-refractivity contribution in [2.75, 3.05) is 5.32 Å². The molecule has 0 aliphatic carbocycles. The highest BCUT2D eigenvalue weighted by molar-refractivity contribution is 6.31. The Bertz CT molecular complexity index is 915. The molecule has 1 N–H and O–H groups in total. The van der Waals surface area contributed by atoms with Crippen molar-refractivity contribution in [2.45, 2.75) is 26.8 Å². The lowest BCUT2D eigenvalue weighted by Gasteiger charge is -2.12. The molecule has 0 aliphatic heterocycles. The third kappa shape index (κ3) is 3.25. The van der Waals surface area contributed by atoms with Gasteiger partial charge >= 0.3 is 5.63 Å². The molecule has 3 aromatic rings. The third-order valence-corrected chi connectivity index (χ3v) is 4.45. The molecule has 4 heteroatoms. The summed E-state index contributed by atoms with van der Waals surface area (Å²) >= 11 is 6.14. The van der Waals surface area contributed by atoms with Gasteiger partial charge in [-0.3, -0.25) is 0 Å². The fourth-order valence-corrected chi connectivity index (χ4v) is 2.80. The van der Waals surface area contributed by atoms with Gasteiger partial charge in [0, 0.05) is 28.7 Å². The summed E-state index contributed by atoms with van der Waals surface area (Å²) in [7, 11) is 0. The monoisotopic (exact) mass is 327 g/mol. The molecule has 0 radical (unpaired) electrons. The summed E-state index contributed by atoms with van der Waals surface area (Å²) in [5, 5.41) is 5.03. The van der Waals surface area contributed by atoms with Crippen LogP contribution in [0.15, 0.2) is 51.7 Å². The summed E-state index contributed by atoms with van der Waals surface area (Å²) in [6.45, 7) is 4.58. The van der Waals surface area contributed by atoms with Gasteiger partial charge in [-0.1, -0.05) is 36.7 Å². The Morgan fingerprint density at radius 3 is 2.78 bits per heavy atom. The van der Waals surface area contributed by atoms with Crippen LogP contribution in [0.3, 0.4) is 0 Å². The Kier molecular flexibility index (Phi) is 4.39. The topological polar surface area (TPSA) is 42.2 Å². The maximum absolute atomic E-state index is 11.8. The Hall–Kier alpha value is -2.26. The maximum atomic E-state index is 11.8. The molecule has 0 fully saturated rings. The van der Waals surface area contributed by atoms with E-state index in [2.05, 4.69) is 18.3 Å². The van der Waals surface area contributed by atoms with Crippen LogP contribution in [0, 0.1) is 6.92 Å². The van der Waals surface area contributed by atoms with Crippen LogP contribution in [-0.4, -0.2) is 0 Å². The minimum atomic E-state index is -0.328. The molecule has 0 unspecified atom stereocenters. The summed E-state index contributed by atoms with van der Waals surface area (Å²) < 4.78 is 5.34. The minimum Gasteiger partial charge on any atom is -0.423 e. The van der Waals surface area contributed by atoms with E-state index in [0.29, 0.717) is 12.1 Å². The molecule has 23 heavy (non-hydrogen) atoms. The first-order valence-corrected chi connectivity index (χ1v) is 8.01. The van der Waals surface area contributed by atoms with Gasteiger partial charge in [-0.15, -0.1) is 0 Å². The first kappa shape index (κ1) is 15.6. The lowest BCUT2D eigenvalue weighted by atomic mass is 10.1. The Morgan fingerprint density at radius 2 is 2.00 bits per heavy atom. The molecule has 1 aromatic heterocycles. The highest BCUT2D eigenvalue weighted by Gasteiger charge is 2.08. The smallest absolute Gasteiger partial charge is 0.336 e. The van der Waals surface area contributed by atoms with Crippen LogP contribution in [-0.2, 0) is 13.0 Å². The normalized spacial score (nSPS) is 10.9. The summed E-state index contributed by atoms with van der Waals surface area (Å²) in [5.74, 6) is 0. The number of halogens is 1. The van der Waals surface area contributed by atoms with Crippen molar-refractivity contribution < 1.29 is 4.42 Å². The predicted octanol–water partition coefficient (Wildman–Crippen LogP) is 4.93. The van der Waals surface area contributed by atoms with E-state index in [-0.39, 0.29) is 5.63 Å². The highest BCUT2D eigenvalue weighted by Crippen LogP contribution is 2.25. The molecule has 2 aromatic carbocycles. The van der Waals surface area contributed by atoms with Crippen molar-refractivity contribution >= 4 is 28.3 Å². The molecule has 0 saturated heterocycles. The SMILES string of the molecule is CCc1ccc2c(CNc3cccc(Cl)c3C)cc(=O)oc2c1. The fourth-order valence-electron chi connectivity index (χ4n) is 2.63. The standard InChI is InChI=1S/C19H18ClNO2/c1-3-13-7-8-15-14(10-19(22)23-18(15)9-13)11-21-17-6-4-5-16(20)12(17)2/h4-10,21H,3,11H2,1-2H3. The lowest BCUT2D eigenvalue weighted by Crippen LogP contribution is -2.06. The Labute approximate surface area is 139 Å². The van der Waals surface area contributed by atoms with Crippen LogP contribution in [0.2, 0.25) is 5.02 Å². The van der Waals surface area contributed by atoms with Gasteiger partial charge in [0.05, 0.1) is 0 Å². The highest BCUT2D eigenvalue weighted by atomic mass is 35.5. The van der Waals surface area contributed by atoms with E-state index in [1.165, 1.54) is 0 Å². The second-order valence-electron chi connectivity index (χ2n) is 5.54. The first-order valence-electron chi connectivity index (χ1n) is 7.63. The first-order chi connectivity index (χ1) is 11.1. The number of rotatable bonds is 4. The number of benzene rings is 2. The van der Waals surface area contributed by atoms with Crippen LogP contribution < -0.4 is 10.9 Å². The van der Waals surface area contributed by atoms with Crippen LogP contribution in [0.25, 0.3) is 11.0 Å². The molecule has 3 rings (SSSR count). The number of aryl methyl sites for hydroxylation is 1. The minimum absolute atomic E-state index is 0.328. The van der Waals surface area contributed by atoms with Gasteiger partial charge < -0.3 is 9.73 Å². The molecule has 0 saturated carbocycles. The van der Waals surface area contributed by atoms with Crippen molar-refractivity contribution in [3.05, 3.63) is 74.6 Å². The van der Waals surface area contributed by atoms with E-state index in [9.17, 15) is 4.79 Å². The van der Waals surface area contributed by atoms with Crippen LogP contribution in [0.4, 0.5) is 5.69 Å². The molecule has 0 atom stereocenters. The largest absolute Gasteiger partial charge is 0.423 e. The Morgan fingerprint density at radius 1 is 1.17 bits per heavy atom. The second-order valence-corrected chi connectivity index (χ2v) is 5.95. The van der Waals surface area contributed by atoms with Crippen LogP contribution in [0.1, 0.15) is 23.6 Å². The molecular formula is C19H18ClNO2. The zero-order valence-electron chi connectivity index (χ0n) is 13.2. The van der Waals surface area contributed by atoms with Gasteiger partial charge in [0.25, 0.3) is 0 Å². The summed E-state index contributed by atoms with van der Waals surface area (Å²) in [5.41, 5.74) is 4.33.